The van der Waals surface area contributed by atoms with Crippen molar-refractivity contribution in [3.8, 4) is 11.4 Å². The zero-order valence-electron chi connectivity index (χ0n) is 13.9. The first-order chi connectivity index (χ1) is 12.5. The molecule has 26 heavy (non-hydrogen) atoms. The molecule has 9 heteroatoms. The summed E-state index contributed by atoms with van der Waals surface area (Å²) in [6.45, 7) is 2.43. The summed E-state index contributed by atoms with van der Waals surface area (Å²) in [5, 5.41) is 4.07. The molecule has 4 rings (SSSR count). The summed E-state index contributed by atoms with van der Waals surface area (Å²) in [7, 11) is -3.58. The van der Waals surface area contributed by atoms with Gasteiger partial charge in [0.15, 0.2) is 0 Å². The van der Waals surface area contributed by atoms with Crippen LogP contribution in [-0.2, 0) is 10.0 Å². The lowest BCUT2D eigenvalue weighted by Gasteiger charge is -2.20. The van der Waals surface area contributed by atoms with Crippen LogP contribution in [0.5, 0.6) is 0 Å². The SMILES string of the molecule is Cc1ccccc1-c1noc(C2CCCN2S(=O)(=O)c2ccc(Br)s2)n1. The average molecular weight is 454 g/mol. The Labute approximate surface area is 164 Å². The molecule has 1 aromatic carbocycles. The van der Waals surface area contributed by atoms with Crippen molar-refractivity contribution >= 4 is 37.3 Å². The summed E-state index contributed by atoms with van der Waals surface area (Å²) >= 11 is 4.53. The molecule has 0 N–H and O–H groups in total. The predicted octanol–water partition coefficient (Wildman–Crippen LogP) is 4.39. The third-order valence-electron chi connectivity index (χ3n) is 4.43. The smallest absolute Gasteiger partial charge is 0.253 e. The Morgan fingerprint density at radius 3 is 2.81 bits per heavy atom. The highest BCUT2D eigenvalue weighted by Gasteiger charge is 2.40. The summed E-state index contributed by atoms with van der Waals surface area (Å²) in [5.41, 5.74) is 1.93. The molecule has 1 unspecified atom stereocenters. The zero-order chi connectivity index (χ0) is 18.3. The van der Waals surface area contributed by atoms with Crippen molar-refractivity contribution in [2.24, 2.45) is 0 Å². The quantitative estimate of drug-likeness (QED) is 0.584. The van der Waals surface area contributed by atoms with Crippen LogP contribution in [-0.4, -0.2) is 29.4 Å². The Morgan fingerprint density at radius 1 is 1.27 bits per heavy atom. The molecule has 1 aliphatic heterocycles. The van der Waals surface area contributed by atoms with Gasteiger partial charge in [-0.15, -0.1) is 11.3 Å². The number of hydrogen-bond donors (Lipinski definition) is 0. The third-order valence-corrected chi connectivity index (χ3v) is 8.43. The summed E-state index contributed by atoms with van der Waals surface area (Å²) in [6, 6.07) is 10.7. The van der Waals surface area contributed by atoms with Gasteiger partial charge in [0.1, 0.15) is 10.3 Å². The highest BCUT2D eigenvalue weighted by Crippen LogP contribution is 2.38. The second-order valence-corrected chi connectivity index (χ2v) is 10.7. The van der Waals surface area contributed by atoms with E-state index in [1.807, 2.05) is 31.2 Å². The number of halogens is 1. The molecular weight excluding hydrogens is 438 g/mol. The summed E-state index contributed by atoms with van der Waals surface area (Å²) in [6.07, 6.45) is 1.43. The molecule has 0 radical (unpaired) electrons. The number of sulfonamides is 1. The Morgan fingerprint density at radius 2 is 2.08 bits per heavy atom. The van der Waals surface area contributed by atoms with Crippen LogP contribution >= 0.6 is 27.3 Å². The number of benzene rings is 1. The zero-order valence-corrected chi connectivity index (χ0v) is 17.1. The fraction of sp³-hybridized carbons (Fsp3) is 0.294. The molecule has 6 nitrogen and oxygen atoms in total. The standard InChI is InChI=1S/C17H16BrN3O3S2/c1-11-5-2-3-6-12(11)16-19-17(24-20-16)13-7-4-10-21(13)26(22,23)15-9-8-14(18)25-15/h2-3,5-6,8-9,13H,4,7,10H2,1H3. The van der Waals surface area contributed by atoms with Crippen molar-refractivity contribution in [3.05, 3.63) is 51.6 Å². The minimum absolute atomic E-state index is 0.315. The van der Waals surface area contributed by atoms with Gasteiger partial charge in [-0.05, 0) is 53.4 Å². The molecule has 1 saturated heterocycles. The van der Waals surface area contributed by atoms with E-state index in [0.717, 1.165) is 21.3 Å². The van der Waals surface area contributed by atoms with Gasteiger partial charge in [0.05, 0.1) is 3.79 Å². The van der Waals surface area contributed by atoms with Gasteiger partial charge >= 0.3 is 0 Å². The second kappa shape index (κ2) is 6.88. The predicted molar refractivity (Wildman–Crippen MR) is 102 cm³/mol. The normalized spacial score (nSPS) is 18.5. The molecule has 136 valence electrons. The molecule has 1 aliphatic rings. The number of rotatable bonds is 4. The first-order valence-corrected chi connectivity index (χ1v) is 11.2. The monoisotopic (exact) mass is 453 g/mol. The highest BCUT2D eigenvalue weighted by molar-refractivity contribution is 9.11. The Hall–Kier alpha value is -1.55. The third kappa shape index (κ3) is 3.13. The van der Waals surface area contributed by atoms with Crippen LogP contribution < -0.4 is 0 Å². The molecule has 0 bridgehead atoms. The molecule has 1 fully saturated rings. The minimum atomic E-state index is -3.58. The topological polar surface area (TPSA) is 76.3 Å². The Bertz CT molecular complexity index is 1040. The summed E-state index contributed by atoms with van der Waals surface area (Å²) in [5.74, 6) is 0.834. The molecule has 0 aliphatic carbocycles. The average Bonchev–Trinajstić information content (AvgIpc) is 3.35. The van der Waals surface area contributed by atoms with E-state index in [0.29, 0.717) is 28.9 Å². The van der Waals surface area contributed by atoms with Crippen LogP contribution in [0.1, 0.15) is 30.3 Å². The van der Waals surface area contributed by atoms with Gasteiger partial charge in [-0.2, -0.15) is 9.29 Å². The fourth-order valence-corrected chi connectivity index (χ4v) is 6.92. The van der Waals surface area contributed by atoms with Crippen molar-refractivity contribution in [2.45, 2.75) is 30.0 Å². The number of hydrogen-bond acceptors (Lipinski definition) is 6. The van der Waals surface area contributed by atoms with E-state index in [2.05, 4.69) is 26.1 Å². The van der Waals surface area contributed by atoms with Crippen LogP contribution in [0.4, 0.5) is 0 Å². The summed E-state index contributed by atoms with van der Waals surface area (Å²) in [4.78, 5) is 4.50. The lowest BCUT2D eigenvalue weighted by Crippen LogP contribution is -2.30. The molecule has 3 heterocycles. The van der Waals surface area contributed by atoms with E-state index < -0.39 is 16.1 Å². The van der Waals surface area contributed by atoms with E-state index in [4.69, 9.17) is 4.52 Å². The lowest BCUT2D eigenvalue weighted by atomic mass is 10.1. The second-order valence-electron chi connectivity index (χ2n) is 6.10. The van der Waals surface area contributed by atoms with E-state index >= 15 is 0 Å². The number of aryl methyl sites for hydroxylation is 1. The molecule has 0 saturated carbocycles. The van der Waals surface area contributed by atoms with E-state index in [-0.39, 0.29) is 0 Å². The molecule has 2 aromatic heterocycles. The number of nitrogens with zero attached hydrogens (tertiary/aromatic N) is 3. The number of aromatic nitrogens is 2. The van der Waals surface area contributed by atoms with Crippen molar-refractivity contribution < 1.29 is 12.9 Å². The van der Waals surface area contributed by atoms with E-state index in [1.165, 1.54) is 15.6 Å². The van der Waals surface area contributed by atoms with Gasteiger partial charge in [-0.25, -0.2) is 8.42 Å². The van der Waals surface area contributed by atoms with Crippen molar-refractivity contribution in [1.29, 1.82) is 0 Å². The first-order valence-electron chi connectivity index (χ1n) is 8.13. The van der Waals surface area contributed by atoms with Gasteiger partial charge in [0, 0.05) is 12.1 Å². The summed E-state index contributed by atoms with van der Waals surface area (Å²) < 4.78 is 34.0. The first kappa shape index (κ1) is 17.8. The van der Waals surface area contributed by atoms with Crippen molar-refractivity contribution in [1.82, 2.24) is 14.4 Å². The van der Waals surface area contributed by atoms with E-state index in [9.17, 15) is 8.42 Å². The van der Waals surface area contributed by atoms with Gasteiger partial charge in [0.2, 0.25) is 11.7 Å². The van der Waals surface area contributed by atoms with Gasteiger partial charge in [0.25, 0.3) is 10.0 Å². The van der Waals surface area contributed by atoms with Crippen molar-refractivity contribution in [3.63, 3.8) is 0 Å². The molecular formula is C17H16BrN3O3S2. The lowest BCUT2D eigenvalue weighted by molar-refractivity contribution is 0.291. The molecule has 0 spiro atoms. The molecule has 1 atom stereocenters. The van der Waals surface area contributed by atoms with Gasteiger partial charge in [-0.1, -0.05) is 29.4 Å². The number of thiophene rings is 1. The van der Waals surface area contributed by atoms with Crippen LogP contribution in [0.3, 0.4) is 0 Å². The van der Waals surface area contributed by atoms with Crippen LogP contribution in [0.15, 0.2) is 48.9 Å². The Balaban J connectivity index is 1.67. The van der Waals surface area contributed by atoms with Crippen LogP contribution in [0.2, 0.25) is 0 Å². The minimum Gasteiger partial charge on any atom is -0.337 e. The van der Waals surface area contributed by atoms with Crippen molar-refractivity contribution in [2.75, 3.05) is 6.54 Å². The largest absolute Gasteiger partial charge is 0.337 e. The van der Waals surface area contributed by atoms with Gasteiger partial charge < -0.3 is 4.52 Å². The maximum Gasteiger partial charge on any atom is 0.253 e. The van der Waals surface area contributed by atoms with Gasteiger partial charge in [-0.3, -0.25) is 0 Å². The maximum atomic E-state index is 13.0. The molecule has 3 aromatic rings. The van der Waals surface area contributed by atoms with Crippen LogP contribution in [0.25, 0.3) is 11.4 Å². The fourth-order valence-electron chi connectivity index (χ4n) is 3.13. The maximum absolute atomic E-state index is 13.0. The van der Waals surface area contributed by atoms with Crippen LogP contribution in [0, 0.1) is 6.92 Å². The molecule has 0 amide bonds. The van der Waals surface area contributed by atoms with E-state index in [1.54, 1.807) is 12.1 Å². The highest BCUT2D eigenvalue weighted by atomic mass is 79.9. The Kier molecular flexibility index (Phi) is 4.72.